The zero-order chi connectivity index (χ0) is 24.6. The van der Waals surface area contributed by atoms with Gasteiger partial charge in [-0.15, -0.1) is 0 Å². The van der Waals surface area contributed by atoms with Crippen LogP contribution in [0.15, 0.2) is 6.07 Å². The van der Waals surface area contributed by atoms with Gasteiger partial charge < -0.3 is 10.2 Å². The van der Waals surface area contributed by atoms with Crippen molar-refractivity contribution in [2.75, 3.05) is 0 Å². The van der Waals surface area contributed by atoms with Crippen LogP contribution in [0, 0.1) is 23.7 Å². The molecule has 1 aromatic carbocycles. The smallest absolute Gasteiger partial charge is 0.190 e. The normalized spacial score (nSPS) is 30.9. The molecule has 0 aliphatic heterocycles. The van der Waals surface area contributed by atoms with Crippen LogP contribution in [0.25, 0.3) is 0 Å². The van der Waals surface area contributed by atoms with Crippen LogP contribution in [0.4, 0.5) is 0 Å². The van der Waals surface area contributed by atoms with E-state index in [9.17, 15) is 43.8 Å². The number of aliphatic hydroxyl groups is 1. The minimum absolute atomic E-state index is 0.00321. The fourth-order valence-corrected chi connectivity index (χ4v) is 5.74. The summed E-state index contributed by atoms with van der Waals surface area (Å²) in [5.74, 6) is -11.5. The van der Waals surface area contributed by atoms with Gasteiger partial charge in [0.05, 0.1) is 17.0 Å². The van der Waals surface area contributed by atoms with E-state index in [1.807, 2.05) is 0 Å². The Labute approximate surface area is 188 Å². The molecule has 9 heteroatoms. The summed E-state index contributed by atoms with van der Waals surface area (Å²) >= 11 is 0. The van der Waals surface area contributed by atoms with Crippen molar-refractivity contribution in [3.05, 3.63) is 28.3 Å². The molecule has 3 aliphatic rings. The molecule has 33 heavy (non-hydrogen) atoms. The lowest BCUT2D eigenvalue weighted by atomic mass is 9.53. The van der Waals surface area contributed by atoms with Gasteiger partial charge in [0.2, 0.25) is 0 Å². The second-order valence-corrected chi connectivity index (χ2v) is 9.23. The maximum atomic E-state index is 13.5. The maximum Gasteiger partial charge on any atom is 0.190 e. The van der Waals surface area contributed by atoms with Crippen molar-refractivity contribution in [3.63, 3.8) is 0 Å². The van der Waals surface area contributed by atoms with E-state index in [1.54, 1.807) is 0 Å². The second kappa shape index (κ2) is 7.34. The van der Waals surface area contributed by atoms with Gasteiger partial charge in [0.15, 0.2) is 40.3 Å². The van der Waals surface area contributed by atoms with E-state index >= 15 is 0 Å². The molecule has 4 rings (SSSR count). The van der Waals surface area contributed by atoms with Crippen molar-refractivity contribution >= 4 is 40.5 Å². The summed E-state index contributed by atoms with van der Waals surface area (Å²) in [4.78, 5) is 88.4. The number of fused-ring (bicyclic) bond motifs is 3. The number of rotatable bonds is 3. The lowest BCUT2D eigenvalue weighted by Crippen LogP contribution is -2.67. The summed E-state index contributed by atoms with van der Waals surface area (Å²) in [5, 5.41) is 21.9. The summed E-state index contributed by atoms with van der Waals surface area (Å²) in [6.45, 7) is 3.42. The van der Waals surface area contributed by atoms with Gasteiger partial charge in [0.1, 0.15) is 17.5 Å². The third kappa shape index (κ3) is 2.98. The van der Waals surface area contributed by atoms with Crippen molar-refractivity contribution < 1.29 is 43.8 Å². The molecule has 0 amide bonds. The standard InChI is InChI=1S/C24H22O9/c1-8(25)13-7-14(9(2)26)20(29)19-15(13)5-11-4-12-6-16(28)17(10(3)27)22(31)24(12,33)23(32)18(11)21(19)30/h7,11-12,17-18,29,33H,4-6H2,1-3H3. The Morgan fingerprint density at radius 1 is 0.939 bits per heavy atom. The minimum atomic E-state index is -2.67. The van der Waals surface area contributed by atoms with E-state index in [0.29, 0.717) is 0 Å². The molecular weight excluding hydrogens is 432 g/mol. The zero-order valence-electron chi connectivity index (χ0n) is 18.3. The van der Waals surface area contributed by atoms with Gasteiger partial charge in [-0.1, -0.05) is 0 Å². The highest BCUT2D eigenvalue weighted by Crippen LogP contribution is 2.50. The van der Waals surface area contributed by atoms with Gasteiger partial charge in [-0.25, -0.2) is 0 Å². The Bertz CT molecular complexity index is 1210. The molecule has 0 heterocycles. The van der Waals surface area contributed by atoms with Crippen molar-refractivity contribution in [1.29, 1.82) is 0 Å². The third-order valence-electron chi connectivity index (χ3n) is 7.28. The summed E-state index contributed by atoms with van der Waals surface area (Å²) in [6, 6.07) is 1.22. The molecule has 2 saturated carbocycles. The molecule has 1 aromatic rings. The third-order valence-corrected chi connectivity index (χ3v) is 7.28. The van der Waals surface area contributed by atoms with Gasteiger partial charge in [0, 0.05) is 17.9 Å². The van der Waals surface area contributed by atoms with Crippen LogP contribution in [0.1, 0.15) is 70.3 Å². The lowest BCUT2D eigenvalue weighted by molar-refractivity contribution is -0.175. The number of carbonyl (C=O) groups is 7. The molecule has 2 N–H and O–H groups in total. The predicted octanol–water partition coefficient (Wildman–Crippen LogP) is 0.836. The van der Waals surface area contributed by atoms with E-state index < -0.39 is 75.5 Å². The first-order chi connectivity index (χ1) is 15.3. The van der Waals surface area contributed by atoms with Crippen LogP contribution in [0.2, 0.25) is 0 Å². The first-order valence-electron chi connectivity index (χ1n) is 10.6. The molecule has 0 radical (unpaired) electrons. The summed E-state index contributed by atoms with van der Waals surface area (Å²) in [6.07, 6.45) is -0.396. The lowest BCUT2D eigenvalue weighted by Gasteiger charge is -2.48. The average Bonchev–Trinajstić information content (AvgIpc) is 2.70. The molecule has 0 aromatic heterocycles. The molecule has 0 bridgehead atoms. The number of carbonyl (C=O) groups excluding carboxylic acids is 7. The predicted molar refractivity (Wildman–Crippen MR) is 110 cm³/mol. The van der Waals surface area contributed by atoms with Gasteiger partial charge in [-0.05, 0) is 51.2 Å². The van der Waals surface area contributed by atoms with Gasteiger partial charge in [-0.2, -0.15) is 0 Å². The summed E-state index contributed by atoms with van der Waals surface area (Å²) in [7, 11) is 0. The van der Waals surface area contributed by atoms with Gasteiger partial charge in [-0.3, -0.25) is 33.6 Å². The summed E-state index contributed by atoms with van der Waals surface area (Å²) in [5.41, 5.74) is -2.99. The monoisotopic (exact) mass is 454 g/mol. The molecule has 5 unspecified atom stereocenters. The zero-order valence-corrected chi connectivity index (χ0v) is 18.3. The highest BCUT2D eigenvalue weighted by molar-refractivity contribution is 6.31. The van der Waals surface area contributed by atoms with Crippen LogP contribution < -0.4 is 0 Å². The van der Waals surface area contributed by atoms with Crippen molar-refractivity contribution in [2.24, 2.45) is 23.7 Å². The van der Waals surface area contributed by atoms with E-state index in [-0.39, 0.29) is 41.5 Å². The first-order valence-corrected chi connectivity index (χ1v) is 10.6. The van der Waals surface area contributed by atoms with E-state index in [1.165, 1.54) is 13.0 Å². The Kier molecular flexibility index (Phi) is 5.09. The number of aromatic hydroxyl groups is 1. The molecule has 5 atom stereocenters. The molecule has 2 fully saturated rings. The molecular formula is C24H22O9. The number of benzene rings is 1. The van der Waals surface area contributed by atoms with E-state index in [0.717, 1.165) is 13.8 Å². The van der Waals surface area contributed by atoms with Crippen LogP contribution in [0.5, 0.6) is 5.75 Å². The Morgan fingerprint density at radius 3 is 2.09 bits per heavy atom. The van der Waals surface area contributed by atoms with Crippen LogP contribution in [0.3, 0.4) is 0 Å². The van der Waals surface area contributed by atoms with E-state index in [4.69, 9.17) is 0 Å². The van der Waals surface area contributed by atoms with Gasteiger partial charge >= 0.3 is 0 Å². The topological polar surface area (TPSA) is 160 Å². The molecule has 0 saturated heterocycles. The first kappa shape index (κ1) is 22.8. The average molecular weight is 454 g/mol. The van der Waals surface area contributed by atoms with Crippen LogP contribution in [-0.4, -0.2) is 56.3 Å². The Morgan fingerprint density at radius 2 is 1.55 bits per heavy atom. The summed E-state index contributed by atoms with van der Waals surface area (Å²) < 4.78 is 0. The largest absolute Gasteiger partial charge is 0.506 e. The highest BCUT2D eigenvalue weighted by Gasteiger charge is 2.65. The molecule has 0 spiro atoms. The van der Waals surface area contributed by atoms with Crippen molar-refractivity contribution in [2.45, 2.75) is 45.6 Å². The Hall–Kier alpha value is -3.33. The SMILES string of the molecule is CC(=O)c1cc(C(C)=O)c2c(c1O)C(=O)C1C(=O)C3(O)C(=O)C(C(C)=O)C(=O)CC3CC1C2. The fraction of sp³-hybridized carbons (Fsp3) is 0.458. The number of hydrogen-bond donors (Lipinski definition) is 2. The number of phenols is 1. The van der Waals surface area contributed by atoms with Crippen LogP contribution >= 0.6 is 0 Å². The Balaban J connectivity index is 1.88. The molecule has 9 nitrogen and oxygen atoms in total. The number of ketones is 7. The van der Waals surface area contributed by atoms with Crippen molar-refractivity contribution in [3.8, 4) is 5.75 Å². The number of hydrogen-bond acceptors (Lipinski definition) is 9. The number of phenolic OH excluding ortho intramolecular Hbond substituents is 1. The highest BCUT2D eigenvalue weighted by atomic mass is 16.3. The van der Waals surface area contributed by atoms with Crippen LogP contribution in [-0.2, 0) is 25.6 Å². The van der Waals surface area contributed by atoms with Gasteiger partial charge in [0.25, 0.3) is 0 Å². The fourth-order valence-electron chi connectivity index (χ4n) is 5.74. The number of Topliss-reactive ketones (excluding diaryl/α,β-unsaturated/α-hetero) is 7. The molecule has 172 valence electrons. The minimum Gasteiger partial charge on any atom is -0.506 e. The van der Waals surface area contributed by atoms with E-state index in [2.05, 4.69) is 0 Å². The second-order valence-electron chi connectivity index (χ2n) is 9.23. The molecule has 3 aliphatic carbocycles. The van der Waals surface area contributed by atoms with Crippen molar-refractivity contribution in [1.82, 2.24) is 0 Å². The quantitative estimate of drug-likeness (QED) is 0.498. The maximum absolute atomic E-state index is 13.5.